The molecule has 3 aliphatic rings. The van der Waals surface area contributed by atoms with Crippen LogP contribution in [-0.2, 0) is 23.7 Å². The Bertz CT molecular complexity index is 2260. The van der Waals surface area contributed by atoms with Gasteiger partial charge in [-0.15, -0.1) is 0 Å². The fourth-order valence-electron chi connectivity index (χ4n) is 13.6. The van der Waals surface area contributed by atoms with Crippen molar-refractivity contribution in [2.24, 2.45) is 47.3 Å². The van der Waals surface area contributed by atoms with E-state index in [4.69, 9.17) is 18.9 Å². The maximum atomic E-state index is 13.8. The van der Waals surface area contributed by atoms with Crippen LogP contribution in [0.2, 0.25) is 0 Å². The predicted octanol–water partition coefficient (Wildman–Crippen LogP) is 5.39. The monoisotopic (exact) mass is 1360 g/mol. The minimum absolute atomic E-state index is 0.00505. The van der Waals surface area contributed by atoms with Gasteiger partial charge in [0.25, 0.3) is 0 Å². The molecule has 16 N–H and O–H groups in total. The summed E-state index contributed by atoms with van der Waals surface area (Å²) in [6, 6.07) is -0.772. The number of nitrogens with zero attached hydrogens (tertiary/aromatic N) is 1. The van der Waals surface area contributed by atoms with Crippen LogP contribution in [0.1, 0.15) is 212 Å². The second kappa shape index (κ2) is 42.8. The zero-order valence-corrected chi connectivity index (χ0v) is 60.0. The lowest BCUT2D eigenvalue weighted by Gasteiger charge is -2.50. The number of rotatable bonds is 7. The van der Waals surface area contributed by atoms with Crippen molar-refractivity contribution in [3.63, 3.8) is 0 Å². The summed E-state index contributed by atoms with van der Waals surface area (Å²) in [5, 5.41) is 180. The van der Waals surface area contributed by atoms with E-state index in [1.807, 2.05) is 20.8 Å². The molecule has 556 valence electrons. The summed E-state index contributed by atoms with van der Waals surface area (Å²) in [6.07, 6.45) is -5.42. The highest BCUT2D eigenvalue weighted by Crippen LogP contribution is 2.42. The van der Waals surface area contributed by atoms with Gasteiger partial charge in [0, 0.05) is 42.9 Å². The summed E-state index contributed by atoms with van der Waals surface area (Å²) in [5.41, 5.74) is 1.02. The van der Waals surface area contributed by atoms with Crippen LogP contribution < -0.4 is 0 Å². The largest absolute Gasteiger partial charge is 0.458 e. The van der Waals surface area contributed by atoms with E-state index in [1.165, 1.54) is 12.2 Å². The number of likely N-dealkylation sites (N-methyl/N-ethyl adjacent to an activating group) is 1. The molecular formula is C73H133NO21. The Balaban J connectivity index is 1.86. The molecule has 0 radical (unpaired) electrons. The van der Waals surface area contributed by atoms with Gasteiger partial charge in [0.1, 0.15) is 12.2 Å². The van der Waals surface area contributed by atoms with Crippen LogP contribution in [0.25, 0.3) is 0 Å². The van der Waals surface area contributed by atoms with Gasteiger partial charge < -0.3 is 106 Å². The number of esters is 1. The zero-order valence-electron chi connectivity index (χ0n) is 60.0. The Kier molecular flexibility index (Phi) is 39.1. The van der Waals surface area contributed by atoms with Gasteiger partial charge >= 0.3 is 5.97 Å². The molecule has 0 aliphatic carbocycles. The second-order valence-corrected chi connectivity index (χ2v) is 30.0. The molecule has 0 aromatic carbocycles. The summed E-state index contributed by atoms with van der Waals surface area (Å²) >= 11 is 0. The van der Waals surface area contributed by atoms with Crippen LogP contribution in [0.5, 0.6) is 0 Å². The fourth-order valence-corrected chi connectivity index (χ4v) is 13.6. The van der Waals surface area contributed by atoms with Crippen molar-refractivity contribution >= 4 is 5.97 Å². The SMILES string of the molecule is C/C1=C\C(CCCC(C)C)C(O)C(O)CCC(O)CC(O)CC(O)C(C)CCC(O)C(C)C(C)CCCC(O)CC(O)/C=C/C(C)OC(=O)CC2(O)OC(CC(O[C@@H]3O[C@H](C)[C@@H](O)[C@H](N(C)C)[C@H]3O)C2C)C(C)C(O)/C(C)=C/C=C/CC(O)C(C)C(O)CCCC(O)CC1O. The molecular weight excluding hydrogens is 1230 g/mol. The first-order valence-corrected chi connectivity index (χ1v) is 35.8. The maximum Gasteiger partial charge on any atom is 0.311 e. The van der Waals surface area contributed by atoms with Gasteiger partial charge in [0.2, 0.25) is 0 Å². The molecule has 2 bridgehead atoms. The zero-order chi connectivity index (χ0) is 71.8. The van der Waals surface area contributed by atoms with E-state index in [2.05, 4.69) is 13.8 Å². The van der Waals surface area contributed by atoms with E-state index in [0.29, 0.717) is 62.0 Å². The normalized spacial score (nSPS) is 44.8. The quantitative estimate of drug-likeness (QED) is 0.112. The Labute approximate surface area is 568 Å². The average molecular weight is 1360 g/mol. The molecule has 2 fully saturated rings. The number of hydrogen-bond donors (Lipinski definition) is 16. The Morgan fingerprint density at radius 1 is 0.611 bits per heavy atom. The number of aliphatic hydroxyl groups excluding tert-OH is 15. The lowest BCUT2D eigenvalue weighted by atomic mass is 9.80. The van der Waals surface area contributed by atoms with Gasteiger partial charge in [-0.05, 0) is 160 Å². The first kappa shape index (κ1) is 86.8. The van der Waals surface area contributed by atoms with Crippen molar-refractivity contribution in [3.8, 4) is 0 Å². The van der Waals surface area contributed by atoms with E-state index >= 15 is 0 Å². The molecule has 3 aliphatic heterocycles. The van der Waals surface area contributed by atoms with Crippen molar-refractivity contribution in [2.75, 3.05) is 14.1 Å². The highest BCUT2D eigenvalue weighted by molar-refractivity contribution is 5.71. The summed E-state index contributed by atoms with van der Waals surface area (Å²) in [6.45, 7) is 21.7. The van der Waals surface area contributed by atoms with Gasteiger partial charge in [-0.25, -0.2) is 0 Å². The minimum Gasteiger partial charge on any atom is -0.458 e. The molecule has 29 atom stereocenters. The smallest absolute Gasteiger partial charge is 0.311 e. The molecule has 0 aromatic rings. The summed E-state index contributed by atoms with van der Waals surface area (Å²) in [7, 11) is 3.42. The van der Waals surface area contributed by atoms with Crippen molar-refractivity contribution in [1.29, 1.82) is 0 Å². The molecule has 24 unspecified atom stereocenters. The lowest BCUT2D eigenvalue weighted by Crippen LogP contribution is -2.64. The van der Waals surface area contributed by atoms with E-state index in [0.717, 1.165) is 12.8 Å². The lowest BCUT2D eigenvalue weighted by molar-refractivity contribution is -0.351. The van der Waals surface area contributed by atoms with Crippen molar-refractivity contribution in [3.05, 3.63) is 47.6 Å². The molecule has 95 heavy (non-hydrogen) atoms. The van der Waals surface area contributed by atoms with E-state index < -0.39 is 170 Å². The Hall–Kier alpha value is -2.37. The third-order valence-corrected chi connectivity index (χ3v) is 21.1. The Morgan fingerprint density at radius 3 is 1.86 bits per heavy atom. The number of carbonyl (C=O) groups excluding carboxylic acids is 1. The van der Waals surface area contributed by atoms with Gasteiger partial charge in [-0.3, -0.25) is 4.79 Å². The van der Waals surface area contributed by atoms with Crippen molar-refractivity contribution < 1.29 is 105 Å². The molecule has 0 saturated carbocycles. The molecule has 2 saturated heterocycles. The molecule has 0 spiro atoms. The molecule has 22 heteroatoms. The van der Waals surface area contributed by atoms with E-state index in [9.17, 15) is 86.5 Å². The average Bonchev–Trinajstić information content (AvgIpc) is 0.771. The number of ether oxygens (including phenoxy) is 4. The van der Waals surface area contributed by atoms with Crippen LogP contribution in [0, 0.1) is 47.3 Å². The van der Waals surface area contributed by atoms with Gasteiger partial charge in [0.05, 0.1) is 116 Å². The molecule has 0 aromatic heterocycles. The van der Waals surface area contributed by atoms with Crippen LogP contribution in [0.4, 0.5) is 0 Å². The number of cyclic esters (lactones) is 1. The maximum absolute atomic E-state index is 13.8. The standard InChI is InChI=1S/C73H133NO21/c1-41(2)20-17-23-52-34-45(6)63(85)37-54(76)25-19-27-59(81)48(9)58(80)26-16-15-21-44(5)68(87)49(10)64-39-65(94-72-71(90)67(74(13)14)69(88)51(12)93-72)50(11)73(91,95-64)40-66(86)92-46(7)29-30-55(77)35-53(75)24-18-22-42(3)47(8)60(82)32-28-43(4)62(84)38-57(79)36-56(78)31-33-61(83)70(52)89/h15-16,21,29-30,34,41-43,46-65,67-72,75-85,87-91H,17-20,22-28,31-33,35-40H2,1-14H3/b16-15+,30-29+,44-21+,45-34+/t42?,43?,46?,47?,48?,49?,50?,51-,52?,53?,54?,55?,56?,57?,58?,59?,60?,61?,62?,63?,64?,65?,67+,68?,69-,70?,71-,72+,73?/m1/s1. The molecule has 3 rings (SSSR count). The number of carbonyl (C=O) groups is 1. The molecule has 22 nitrogen and oxygen atoms in total. The van der Waals surface area contributed by atoms with Crippen molar-refractivity contribution in [1.82, 2.24) is 4.90 Å². The number of aliphatic hydroxyl groups is 16. The van der Waals surface area contributed by atoms with Crippen LogP contribution >= 0.6 is 0 Å². The number of fused-ring (bicyclic) bond motifs is 2. The summed E-state index contributed by atoms with van der Waals surface area (Å²) < 4.78 is 24.6. The third-order valence-electron chi connectivity index (χ3n) is 21.1. The number of hydrogen-bond acceptors (Lipinski definition) is 22. The first-order valence-electron chi connectivity index (χ1n) is 35.8. The highest BCUT2D eigenvalue weighted by atomic mass is 16.7. The van der Waals surface area contributed by atoms with Gasteiger partial charge in [-0.1, -0.05) is 111 Å². The molecule has 0 amide bonds. The molecule has 3 heterocycles. The minimum atomic E-state index is -2.24. The fraction of sp³-hybridized carbons (Fsp3) is 0.877. The predicted molar refractivity (Wildman–Crippen MR) is 364 cm³/mol. The van der Waals surface area contributed by atoms with Gasteiger partial charge in [0.15, 0.2) is 12.1 Å². The topological polar surface area (TPSA) is 381 Å². The van der Waals surface area contributed by atoms with Crippen LogP contribution in [-0.4, -0.2) is 241 Å². The van der Waals surface area contributed by atoms with E-state index in [-0.39, 0.29) is 82.0 Å². The number of allylic oxidation sites excluding steroid dienone is 2. The summed E-state index contributed by atoms with van der Waals surface area (Å²) in [5.74, 6) is -5.81. The van der Waals surface area contributed by atoms with Crippen molar-refractivity contribution in [2.45, 2.75) is 346 Å². The van der Waals surface area contributed by atoms with Gasteiger partial charge in [-0.2, -0.15) is 0 Å². The third kappa shape index (κ3) is 29.6. The first-order chi connectivity index (χ1) is 44.4. The highest BCUT2D eigenvalue weighted by Gasteiger charge is 2.53. The van der Waals surface area contributed by atoms with Crippen LogP contribution in [0.3, 0.4) is 0 Å². The second-order valence-electron chi connectivity index (χ2n) is 30.0. The van der Waals surface area contributed by atoms with Crippen LogP contribution in [0.15, 0.2) is 47.6 Å². The van der Waals surface area contributed by atoms with E-state index in [1.54, 1.807) is 91.8 Å². The summed E-state index contributed by atoms with van der Waals surface area (Å²) in [4.78, 5) is 15.4. The Morgan fingerprint density at radius 2 is 1.22 bits per heavy atom.